The molecule has 3 heterocycles. The van der Waals surface area contributed by atoms with Crippen LogP contribution in [0, 0.1) is 0 Å². The van der Waals surface area contributed by atoms with Gasteiger partial charge in [0, 0.05) is 23.5 Å². The molecule has 0 aliphatic carbocycles. The summed E-state index contributed by atoms with van der Waals surface area (Å²) >= 11 is 0. The fraction of sp³-hybridized carbons (Fsp3) is 0.292. The number of rotatable bonds is 6. The summed E-state index contributed by atoms with van der Waals surface area (Å²) in [6.07, 6.45) is 2.19. The monoisotopic (exact) mass is 448 g/mol. The van der Waals surface area contributed by atoms with Crippen LogP contribution in [-0.2, 0) is 16.0 Å². The number of aromatic amines is 1. The van der Waals surface area contributed by atoms with Crippen LogP contribution in [0.5, 0.6) is 11.5 Å². The van der Waals surface area contributed by atoms with E-state index in [2.05, 4.69) is 15.6 Å². The average molecular weight is 448 g/mol. The first-order valence-electron chi connectivity index (χ1n) is 10.9. The van der Waals surface area contributed by atoms with Crippen molar-refractivity contribution >= 4 is 28.7 Å². The van der Waals surface area contributed by atoms with Crippen molar-refractivity contribution in [2.75, 3.05) is 19.8 Å². The van der Waals surface area contributed by atoms with E-state index in [0.29, 0.717) is 31.1 Å². The predicted octanol–water partition coefficient (Wildman–Crippen LogP) is 2.28. The summed E-state index contributed by atoms with van der Waals surface area (Å²) < 4.78 is 11.1. The van der Waals surface area contributed by atoms with Crippen molar-refractivity contribution in [3.05, 3.63) is 59.8 Å². The van der Waals surface area contributed by atoms with E-state index >= 15 is 0 Å². The quantitative estimate of drug-likeness (QED) is 0.501. The van der Waals surface area contributed by atoms with Crippen molar-refractivity contribution in [1.82, 2.24) is 20.5 Å². The number of carbonyl (C=O) groups excluding carboxylic acids is 3. The molecule has 3 aromatic rings. The molecule has 0 spiro atoms. The Kier molecular flexibility index (Phi) is 5.37. The number of H-pyrrole nitrogens is 1. The number of hydrogen-bond acceptors (Lipinski definition) is 5. The first-order valence-corrected chi connectivity index (χ1v) is 10.9. The Labute approximate surface area is 190 Å². The third kappa shape index (κ3) is 4.09. The molecular weight excluding hydrogens is 424 g/mol. The van der Waals surface area contributed by atoms with Crippen molar-refractivity contribution in [3.8, 4) is 11.5 Å². The lowest BCUT2D eigenvalue weighted by atomic mass is 10.1. The number of ether oxygens (including phenoxy) is 2. The Morgan fingerprint density at radius 1 is 1.15 bits per heavy atom. The second-order valence-corrected chi connectivity index (χ2v) is 8.18. The topological polar surface area (TPSA) is 113 Å². The molecule has 2 aromatic carbocycles. The fourth-order valence-corrected chi connectivity index (χ4v) is 4.23. The van der Waals surface area contributed by atoms with Gasteiger partial charge in [0.15, 0.2) is 11.5 Å². The number of amides is 4. The minimum Gasteiger partial charge on any atom is -0.486 e. The van der Waals surface area contributed by atoms with Gasteiger partial charge in [0.2, 0.25) is 5.91 Å². The van der Waals surface area contributed by atoms with Gasteiger partial charge in [-0.15, -0.1) is 0 Å². The van der Waals surface area contributed by atoms with Gasteiger partial charge in [-0.3, -0.25) is 14.5 Å². The fourth-order valence-electron chi connectivity index (χ4n) is 4.23. The van der Waals surface area contributed by atoms with Gasteiger partial charge < -0.3 is 25.1 Å². The van der Waals surface area contributed by atoms with Crippen molar-refractivity contribution in [1.29, 1.82) is 0 Å². The molecule has 2 atom stereocenters. The van der Waals surface area contributed by atoms with Crippen molar-refractivity contribution in [3.63, 3.8) is 0 Å². The first-order chi connectivity index (χ1) is 16.0. The van der Waals surface area contributed by atoms with E-state index in [1.807, 2.05) is 49.5 Å². The Balaban J connectivity index is 1.21. The molecule has 5 rings (SSSR count). The highest BCUT2D eigenvalue weighted by Gasteiger charge is 2.39. The third-order valence-electron chi connectivity index (χ3n) is 5.95. The van der Waals surface area contributed by atoms with E-state index in [1.165, 1.54) is 0 Å². The molecule has 9 nitrogen and oxygen atoms in total. The number of nitrogens with one attached hydrogen (secondary N) is 3. The number of nitrogens with zero attached hydrogens (tertiary/aromatic N) is 1. The molecule has 33 heavy (non-hydrogen) atoms. The highest BCUT2D eigenvalue weighted by atomic mass is 16.6. The van der Waals surface area contributed by atoms with Crippen LogP contribution in [0.25, 0.3) is 10.9 Å². The molecular formula is C24H24N4O5. The molecule has 0 bridgehead atoms. The van der Waals surface area contributed by atoms with Crippen LogP contribution in [0.3, 0.4) is 0 Å². The summed E-state index contributed by atoms with van der Waals surface area (Å²) in [6.45, 7) is 2.47. The van der Waals surface area contributed by atoms with Crippen molar-refractivity contribution in [2.45, 2.75) is 25.4 Å². The smallest absolute Gasteiger partial charge is 0.325 e. The molecule has 2 aliphatic rings. The Hall–Kier alpha value is -4.01. The molecule has 4 amide bonds. The lowest BCUT2D eigenvalue weighted by molar-refractivity contribution is -0.132. The summed E-state index contributed by atoms with van der Waals surface area (Å²) in [5, 5.41) is 6.54. The maximum Gasteiger partial charge on any atom is 0.325 e. The van der Waals surface area contributed by atoms with Gasteiger partial charge in [0.05, 0.1) is 6.04 Å². The largest absolute Gasteiger partial charge is 0.486 e. The maximum absolute atomic E-state index is 12.9. The number of carbonyl (C=O) groups is 3. The van der Waals surface area contributed by atoms with Crippen LogP contribution >= 0.6 is 0 Å². The maximum atomic E-state index is 12.9. The molecule has 170 valence electrons. The number of imide groups is 1. The predicted molar refractivity (Wildman–Crippen MR) is 120 cm³/mol. The van der Waals surface area contributed by atoms with Gasteiger partial charge in [0.1, 0.15) is 25.8 Å². The lowest BCUT2D eigenvalue weighted by Gasteiger charge is -2.21. The summed E-state index contributed by atoms with van der Waals surface area (Å²) in [6, 6.07) is 11.6. The summed E-state index contributed by atoms with van der Waals surface area (Å²) in [4.78, 5) is 42.0. The molecule has 2 aliphatic heterocycles. The van der Waals surface area contributed by atoms with Gasteiger partial charge in [-0.2, -0.15) is 0 Å². The number of fused-ring (bicyclic) bond motifs is 2. The van der Waals surface area contributed by atoms with E-state index in [0.717, 1.165) is 26.9 Å². The van der Waals surface area contributed by atoms with Crippen LogP contribution in [0.1, 0.15) is 24.1 Å². The SMILES string of the molecule is C[C@@H](NC(=O)CN1C(=O)N[C@H](Cc2c[nH]c3ccccc23)C1=O)c1ccc2c(c1)OCCO2. The summed E-state index contributed by atoms with van der Waals surface area (Å²) in [5.41, 5.74) is 2.73. The van der Waals surface area contributed by atoms with Gasteiger partial charge in [-0.25, -0.2) is 4.79 Å². The van der Waals surface area contributed by atoms with Gasteiger partial charge >= 0.3 is 6.03 Å². The second-order valence-electron chi connectivity index (χ2n) is 8.18. The number of hydrogen-bond donors (Lipinski definition) is 3. The zero-order valence-electron chi connectivity index (χ0n) is 18.1. The summed E-state index contributed by atoms with van der Waals surface area (Å²) in [5.74, 6) is 0.472. The van der Waals surface area contributed by atoms with E-state index in [9.17, 15) is 14.4 Å². The lowest BCUT2D eigenvalue weighted by Crippen LogP contribution is -2.42. The van der Waals surface area contributed by atoms with E-state index in [4.69, 9.17) is 9.47 Å². The van der Waals surface area contributed by atoms with Crippen molar-refractivity contribution < 1.29 is 23.9 Å². The highest BCUT2D eigenvalue weighted by Crippen LogP contribution is 2.32. The van der Waals surface area contributed by atoms with Gasteiger partial charge in [-0.1, -0.05) is 24.3 Å². The number of benzene rings is 2. The Morgan fingerprint density at radius 2 is 1.94 bits per heavy atom. The molecule has 3 N–H and O–H groups in total. The van der Waals surface area contributed by atoms with Gasteiger partial charge in [-0.05, 0) is 36.2 Å². The summed E-state index contributed by atoms with van der Waals surface area (Å²) in [7, 11) is 0. The van der Waals surface area contributed by atoms with E-state index in [-0.39, 0.29) is 12.6 Å². The van der Waals surface area contributed by atoms with Crippen LogP contribution in [0.4, 0.5) is 4.79 Å². The van der Waals surface area contributed by atoms with Gasteiger partial charge in [0.25, 0.3) is 5.91 Å². The molecule has 0 radical (unpaired) electrons. The minimum absolute atomic E-state index is 0.337. The van der Waals surface area contributed by atoms with Crippen LogP contribution in [0.2, 0.25) is 0 Å². The zero-order valence-corrected chi connectivity index (χ0v) is 18.1. The zero-order chi connectivity index (χ0) is 22.9. The first kappa shape index (κ1) is 20.9. The van der Waals surface area contributed by atoms with Crippen LogP contribution in [0.15, 0.2) is 48.7 Å². The van der Waals surface area contributed by atoms with E-state index in [1.54, 1.807) is 6.07 Å². The van der Waals surface area contributed by atoms with E-state index < -0.39 is 23.9 Å². The molecule has 1 aromatic heterocycles. The molecule has 1 fully saturated rings. The average Bonchev–Trinajstić information content (AvgIpc) is 3.35. The second kappa shape index (κ2) is 8.50. The molecule has 0 unspecified atom stereocenters. The Morgan fingerprint density at radius 3 is 2.79 bits per heavy atom. The molecule has 0 saturated carbocycles. The number of urea groups is 1. The highest BCUT2D eigenvalue weighted by molar-refractivity contribution is 6.06. The van der Waals surface area contributed by atoms with Crippen LogP contribution < -0.4 is 20.1 Å². The molecule has 9 heteroatoms. The Bertz CT molecular complexity index is 1240. The molecule has 1 saturated heterocycles. The normalized spacial score (nSPS) is 18.3. The minimum atomic E-state index is -0.709. The number of aromatic nitrogens is 1. The standard InChI is InChI=1S/C24H24N4O5/c1-14(15-6-7-20-21(11-15)33-9-8-32-20)26-22(29)13-28-23(30)19(27-24(28)31)10-16-12-25-18-5-3-2-4-17(16)18/h2-7,11-12,14,19,25H,8-10,13H2,1H3,(H,26,29)(H,27,31)/t14-,19-/m1/s1. The van der Waals surface area contributed by atoms with Crippen LogP contribution in [-0.4, -0.2) is 53.5 Å². The third-order valence-corrected chi connectivity index (χ3v) is 5.95. The van der Waals surface area contributed by atoms with Crippen molar-refractivity contribution in [2.24, 2.45) is 0 Å². The number of para-hydroxylation sites is 1.